The summed E-state index contributed by atoms with van der Waals surface area (Å²) in [5.74, 6) is 0. The molecule has 1 aliphatic carbocycles. The molecule has 1 aromatic carbocycles. The summed E-state index contributed by atoms with van der Waals surface area (Å²) in [5.41, 5.74) is 4.74. The molecule has 2 aliphatic rings. The van der Waals surface area contributed by atoms with Crippen LogP contribution in [0.15, 0.2) is 35.3 Å². The second-order valence-electron chi connectivity index (χ2n) is 6.53. The highest BCUT2D eigenvalue weighted by Crippen LogP contribution is 2.33. The number of benzene rings is 2. The third kappa shape index (κ3) is 3.69. The maximum Gasteiger partial charge on any atom is 0.0813 e. The minimum absolute atomic E-state index is 0.354. The smallest absolute Gasteiger partial charge is 0.0813 e. The first-order valence-corrected chi connectivity index (χ1v) is 10.0. The van der Waals surface area contributed by atoms with Crippen molar-refractivity contribution in [1.29, 1.82) is 0 Å². The van der Waals surface area contributed by atoms with Gasteiger partial charge in [0.1, 0.15) is 0 Å². The SMILES string of the molecule is CCC(C)N=c1ccc2nc3cc(C)c(N(CC)CC)cc3sc-2c1. The highest BCUT2D eigenvalue weighted by Gasteiger charge is 2.12. The van der Waals surface area contributed by atoms with E-state index in [4.69, 9.17) is 9.98 Å². The summed E-state index contributed by atoms with van der Waals surface area (Å²) in [5, 5.41) is 1.05. The first-order chi connectivity index (χ1) is 12.0. The quantitative estimate of drug-likeness (QED) is 0.586. The van der Waals surface area contributed by atoms with Crippen LogP contribution >= 0.6 is 11.3 Å². The Hall–Kier alpha value is -1.94. The van der Waals surface area contributed by atoms with Gasteiger partial charge < -0.3 is 4.90 Å². The Morgan fingerprint density at radius 3 is 2.56 bits per heavy atom. The fourth-order valence-electron chi connectivity index (χ4n) is 3.09. The molecule has 25 heavy (non-hydrogen) atoms. The van der Waals surface area contributed by atoms with Crippen molar-refractivity contribution < 1.29 is 0 Å². The Bertz CT molecular complexity index is 909. The van der Waals surface area contributed by atoms with Gasteiger partial charge in [-0.1, -0.05) is 6.92 Å². The lowest BCUT2D eigenvalue weighted by molar-refractivity contribution is 0.698. The van der Waals surface area contributed by atoms with Crippen LogP contribution in [-0.2, 0) is 0 Å². The Morgan fingerprint density at radius 1 is 1.12 bits per heavy atom. The zero-order chi connectivity index (χ0) is 18.0. The van der Waals surface area contributed by atoms with E-state index in [-0.39, 0.29) is 0 Å². The molecule has 0 bridgehead atoms. The molecule has 0 saturated carbocycles. The van der Waals surface area contributed by atoms with E-state index in [9.17, 15) is 0 Å². The van der Waals surface area contributed by atoms with Crippen LogP contribution in [0, 0.1) is 6.92 Å². The largest absolute Gasteiger partial charge is 0.372 e. The van der Waals surface area contributed by atoms with Crippen molar-refractivity contribution >= 4 is 27.2 Å². The number of hydrogen-bond acceptors (Lipinski definition) is 4. The average molecular weight is 354 g/mol. The fourth-order valence-corrected chi connectivity index (χ4v) is 4.10. The van der Waals surface area contributed by atoms with Gasteiger partial charge >= 0.3 is 0 Å². The first kappa shape index (κ1) is 17.9. The predicted octanol–water partition coefficient (Wildman–Crippen LogP) is 5.25. The van der Waals surface area contributed by atoms with Gasteiger partial charge in [-0.15, -0.1) is 11.3 Å². The van der Waals surface area contributed by atoms with Crippen molar-refractivity contribution in [2.24, 2.45) is 4.99 Å². The normalized spacial score (nSPS) is 13.6. The van der Waals surface area contributed by atoms with E-state index < -0.39 is 0 Å². The molecular formula is C21H27N3S. The lowest BCUT2D eigenvalue weighted by Crippen LogP contribution is -2.22. The minimum Gasteiger partial charge on any atom is -0.372 e. The Labute approximate surface area is 154 Å². The summed E-state index contributed by atoms with van der Waals surface area (Å²) in [6.07, 6.45) is 1.06. The Kier molecular flexibility index (Phi) is 5.38. The summed E-state index contributed by atoms with van der Waals surface area (Å²) in [6.45, 7) is 13.0. The monoisotopic (exact) mass is 353 g/mol. The van der Waals surface area contributed by atoms with Gasteiger partial charge in [0.2, 0.25) is 0 Å². The van der Waals surface area contributed by atoms with E-state index >= 15 is 0 Å². The van der Waals surface area contributed by atoms with Crippen LogP contribution in [0.1, 0.15) is 39.7 Å². The van der Waals surface area contributed by atoms with Crippen molar-refractivity contribution in [3.63, 3.8) is 0 Å². The van der Waals surface area contributed by atoms with Gasteiger partial charge in [0.05, 0.1) is 26.1 Å². The molecule has 1 unspecified atom stereocenters. The highest BCUT2D eigenvalue weighted by molar-refractivity contribution is 7.21. The van der Waals surface area contributed by atoms with Crippen LogP contribution < -0.4 is 10.3 Å². The lowest BCUT2D eigenvalue weighted by Gasteiger charge is -2.23. The molecule has 1 aromatic rings. The molecule has 0 spiro atoms. The summed E-state index contributed by atoms with van der Waals surface area (Å²) in [7, 11) is 0. The molecular weight excluding hydrogens is 326 g/mol. The van der Waals surface area contributed by atoms with Gasteiger partial charge in [-0.2, -0.15) is 0 Å². The number of nitrogens with zero attached hydrogens (tertiary/aromatic N) is 3. The molecule has 0 fully saturated rings. The third-order valence-electron chi connectivity index (χ3n) is 4.75. The lowest BCUT2D eigenvalue weighted by atomic mass is 10.1. The van der Waals surface area contributed by atoms with Crippen molar-refractivity contribution in [1.82, 2.24) is 4.98 Å². The van der Waals surface area contributed by atoms with Gasteiger partial charge in [0.25, 0.3) is 0 Å². The number of aromatic nitrogens is 1. The first-order valence-electron chi connectivity index (χ1n) is 9.19. The standard InChI is InChI=1S/C21H27N3S/c1-6-15(5)22-16-9-10-17-20(12-16)25-21-13-19(24(7-2)8-3)14(4)11-18(21)23-17/h9-13,15H,6-8H2,1-5H3. The summed E-state index contributed by atoms with van der Waals surface area (Å²) in [4.78, 5) is 13.2. The average Bonchev–Trinajstić information content (AvgIpc) is 2.61. The van der Waals surface area contributed by atoms with Gasteiger partial charge in [-0.25, -0.2) is 4.98 Å². The molecule has 1 heterocycles. The van der Waals surface area contributed by atoms with Crippen LogP contribution in [0.2, 0.25) is 0 Å². The Balaban J connectivity index is 2.17. The summed E-state index contributed by atoms with van der Waals surface area (Å²) < 4.78 is 1.24. The molecule has 0 N–H and O–H groups in total. The van der Waals surface area contributed by atoms with E-state index in [2.05, 4.69) is 69.9 Å². The summed E-state index contributed by atoms with van der Waals surface area (Å²) in [6, 6.07) is 11.2. The van der Waals surface area contributed by atoms with Gasteiger partial charge in [0.15, 0.2) is 0 Å². The minimum atomic E-state index is 0.354. The second kappa shape index (κ2) is 7.52. The zero-order valence-corrected chi connectivity index (χ0v) is 16.7. The van der Waals surface area contributed by atoms with Crippen molar-refractivity contribution in [2.75, 3.05) is 18.0 Å². The zero-order valence-electron chi connectivity index (χ0n) is 15.8. The third-order valence-corrected chi connectivity index (χ3v) is 5.84. The molecule has 0 radical (unpaired) electrons. The topological polar surface area (TPSA) is 28.5 Å². The molecule has 1 aliphatic heterocycles. The van der Waals surface area contributed by atoms with Crippen LogP contribution in [0.3, 0.4) is 0 Å². The number of aryl methyl sites for hydroxylation is 1. The maximum absolute atomic E-state index is 4.88. The molecule has 0 amide bonds. The van der Waals surface area contributed by atoms with E-state index in [0.29, 0.717) is 6.04 Å². The van der Waals surface area contributed by atoms with Gasteiger partial charge in [0, 0.05) is 24.8 Å². The maximum atomic E-state index is 4.88. The van der Waals surface area contributed by atoms with Crippen molar-refractivity contribution in [3.05, 3.63) is 41.3 Å². The summed E-state index contributed by atoms with van der Waals surface area (Å²) >= 11 is 1.81. The molecule has 3 nitrogen and oxygen atoms in total. The molecule has 3 rings (SSSR count). The molecule has 132 valence electrons. The van der Waals surface area contributed by atoms with Crippen molar-refractivity contribution in [2.45, 2.75) is 47.1 Å². The van der Waals surface area contributed by atoms with Crippen molar-refractivity contribution in [3.8, 4) is 10.6 Å². The molecule has 1 atom stereocenters. The number of hydrogen-bond donors (Lipinski definition) is 0. The van der Waals surface area contributed by atoms with E-state index in [1.807, 2.05) is 11.3 Å². The number of rotatable bonds is 5. The molecule has 0 saturated heterocycles. The number of fused-ring (bicyclic) bond motifs is 2. The second-order valence-corrected chi connectivity index (χ2v) is 7.61. The molecule has 0 aromatic heterocycles. The van der Waals surface area contributed by atoms with Gasteiger partial charge in [-0.05, 0) is 70.0 Å². The number of anilines is 1. The Morgan fingerprint density at radius 2 is 1.88 bits per heavy atom. The van der Waals surface area contributed by atoms with Gasteiger partial charge in [-0.3, -0.25) is 4.99 Å². The van der Waals surface area contributed by atoms with Crippen LogP contribution in [0.5, 0.6) is 0 Å². The van der Waals surface area contributed by atoms with Crippen LogP contribution in [-0.4, -0.2) is 24.1 Å². The highest BCUT2D eigenvalue weighted by atomic mass is 32.1. The fraction of sp³-hybridized carbons (Fsp3) is 0.429. The predicted molar refractivity (Wildman–Crippen MR) is 110 cm³/mol. The van der Waals surface area contributed by atoms with E-state index in [1.165, 1.54) is 20.8 Å². The van der Waals surface area contributed by atoms with Crippen LogP contribution in [0.4, 0.5) is 5.69 Å². The van der Waals surface area contributed by atoms with Crippen LogP contribution in [0.25, 0.3) is 20.8 Å². The van der Waals surface area contributed by atoms with E-state index in [0.717, 1.165) is 36.1 Å². The van der Waals surface area contributed by atoms with E-state index in [1.54, 1.807) is 0 Å². The molecule has 4 heteroatoms.